The Hall–Kier alpha value is 0.250. The molecular weight excluding hydrogens is 124 g/mol. The zero-order chi connectivity index (χ0) is 5.56. The molecule has 0 amide bonds. The molecule has 1 aliphatic carbocycles. The number of ether oxygens (including phenoxy) is 1. The van der Waals surface area contributed by atoms with Crippen molar-refractivity contribution in [1.82, 2.24) is 0 Å². The Bertz CT molecular complexity index is 105. The molecule has 0 aromatic heterocycles. The van der Waals surface area contributed by atoms with Crippen molar-refractivity contribution >= 4 is 11.6 Å². The summed E-state index contributed by atoms with van der Waals surface area (Å²) in [5.74, 6) is 0. The van der Waals surface area contributed by atoms with Gasteiger partial charge in [-0.05, 0) is 19.3 Å². The second kappa shape index (κ2) is 1.61. The van der Waals surface area contributed by atoms with E-state index in [1.807, 2.05) is 0 Å². The average molecular weight is 133 g/mol. The zero-order valence-corrected chi connectivity index (χ0v) is 5.40. The Morgan fingerprint density at radius 2 is 2.12 bits per heavy atom. The van der Waals surface area contributed by atoms with Crippen molar-refractivity contribution in [1.29, 1.82) is 0 Å². The SMILES string of the molecule is Cl[C@@H]1CC[C@@H]2O[C@@H]2C1. The van der Waals surface area contributed by atoms with Gasteiger partial charge in [-0.15, -0.1) is 11.6 Å². The molecule has 0 N–H and O–H groups in total. The van der Waals surface area contributed by atoms with Gasteiger partial charge in [0, 0.05) is 5.38 Å². The lowest BCUT2D eigenvalue weighted by molar-refractivity contribution is 0.373. The fourth-order valence-corrected chi connectivity index (χ4v) is 1.66. The number of epoxide rings is 1. The average Bonchev–Trinajstić information content (AvgIpc) is 2.43. The smallest absolute Gasteiger partial charge is 0.0856 e. The third-order valence-corrected chi connectivity index (χ3v) is 2.34. The number of hydrogen-bond donors (Lipinski definition) is 0. The molecule has 46 valence electrons. The van der Waals surface area contributed by atoms with Crippen LogP contribution < -0.4 is 0 Å². The van der Waals surface area contributed by atoms with Gasteiger partial charge in [-0.25, -0.2) is 0 Å². The van der Waals surface area contributed by atoms with Crippen molar-refractivity contribution in [3.8, 4) is 0 Å². The van der Waals surface area contributed by atoms with E-state index in [0.29, 0.717) is 17.6 Å². The quantitative estimate of drug-likeness (QED) is 0.360. The highest BCUT2D eigenvalue weighted by molar-refractivity contribution is 6.20. The van der Waals surface area contributed by atoms with E-state index in [1.54, 1.807) is 0 Å². The number of fused-ring (bicyclic) bond motifs is 1. The lowest BCUT2D eigenvalue weighted by Gasteiger charge is -2.09. The predicted molar refractivity (Wildman–Crippen MR) is 32.2 cm³/mol. The van der Waals surface area contributed by atoms with Crippen LogP contribution in [0.2, 0.25) is 0 Å². The molecule has 1 aliphatic heterocycles. The molecule has 0 aromatic rings. The molecule has 1 heterocycles. The summed E-state index contributed by atoms with van der Waals surface area (Å²) in [5, 5.41) is 0.402. The molecule has 0 radical (unpaired) electrons. The van der Waals surface area contributed by atoms with Crippen molar-refractivity contribution in [2.45, 2.75) is 36.8 Å². The van der Waals surface area contributed by atoms with Gasteiger partial charge in [0.2, 0.25) is 0 Å². The number of hydrogen-bond acceptors (Lipinski definition) is 1. The summed E-state index contributed by atoms with van der Waals surface area (Å²) < 4.78 is 5.26. The maximum atomic E-state index is 5.86. The van der Waals surface area contributed by atoms with Crippen molar-refractivity contribution in [3.63, 3.8) is 0 Å². The normalized spacial score (nSPS) is 52.9. The molecule has 2 aliphatic rings. The molecule has 1 nitrogen and oxygen atoms in total. The van der Waals surface area contributed by atoms with E-state index in [2.05, 4.69) is 0 Å². The lowest BCUT2D eigenvalue weighted by Crippen LogP contribution is -2.12. The fourth-order valence-electron chi connectivity index (χ4n) is 1.36. The van der Waals surface area contributed by atoms with Gasteiger partial charge >= 0.3 is 0 Å². The highest BCUT2D eigenvalue weighted by Gasteiger charge is 2.43. The van der Waals surface area contributed by atoms with Crippen LogP contribution in [0.1, 0.15) is 19.3 Å². The van der Waals surface area contributed by atoms with Gasteiger partial charge in [0.25, 0.3) is 0 Å². The first-order chi connectivity index (χ1) is 3.86. The molecule has 8 heavy (non-hydrogen) atoms. The van der Waals surface area contributed by atoms with Crippen LogP contribution in [-0.2, 0) is 4.74 Å². The predicted octanol–water partition coefficient (Wildman–Crippen LogP) is 1.55. The molecular formula is C6H9ClO. The molecule has 0 aromatic carbocycles. The molecule has 1 saturated carbocycles. The second-order valence-electron chi connectivity index (χ2n) is 2.62. The lowest BCUT2D eigenvalue weighted by atomic mass is 10.0. The highest BCUT2D eigenvalue weighted by Crippen LogP contribution is 2.38. The van der Waals surface area contributed by atoms with E-state index < -0.39 is 0 Å². The van der Waals surface area contributed by atoms with Crippen molar-refractivity contribution in [2.75, 3.05) is 0 Å². The van der Waals surface area contributed by atoms with Gasteiger partial charge in [-0.2, -0.15) is 0 Å². The second-order valence-corrected chi connectivity index (χ2v) is 3.24. The first-order valence-corrected chi connectivity index (χ1v) is 3.59. The molecule has 0 unspecified atom stereocenters. The fraction of sp³-hybridized carbons (Fsp3) is 1.00. The number of alkyl halides is 1. The molecule has 2 fully saturated rings. The van der Waals surface area contributed by atoms with Crippen LogP contribution in [0.5, 0.6) is 0 Å². The molecule has 2 heteroatoms. The van der Waals surface area contributed by atoms with Crippen molar-refractivity contribution in [2.24, 2.45) is 0 Å². The molecule has 1 saturated heterocycles. The van der Waals surface area contributed by atoms with Gasteiger partial charge < -0.3 is 4.74 Å². The standard InChI is InChI=1S/C6H9ClO/c7-4-1-2-5-6(3-4)8-5/h4-6H,1-3H2/t4-,5+,6-/m1/s1. The molecule has 2 rings (SSSR count). The van der Waals surface area contributed by atoms with Gasteiger partial charge in [0.1, 0.15) is 0 Å². The highest BCUT2D eigenvalue weighted by atomic mass is 35.5. The van der Waals surface area contributed by atoms with Crippen LogP contribution in [0.4, 0.5) is 0 Å². The summed E-state index contributed by atoms with van der Waals surface area (Å²) in [6.07, 6.45) is 4.59. The summed E-state index contributed by atoms with van der Waals surface area (Å²) >= 11 is 5.86. The summed E-state index contributed by atoms with van der Waals surface area (Å²) in [6, 6.07) is 0. The van der Waals surface area contributed by atoms with E-state index >= 15 is 0 Å². The zero-order valence-electron chi connectivity index (χ0n) is 4.64. The van der Waals surface area contributed by atoms with E-state index in [0.717, 1.165) is 12.8 Å². The minimum Gasteiger partial charge on any atom is -0.370 e. The van der Waals surface area contributed by atoms with E-state index in [1.165, 1.54) is 6.42 Å². The van der Waals surface area contributed by atoms with Crippen LogP contribution in [0.25, 0.3) is 0 Å². The Balaban J connectivity index is 1.93. The summed E-state index contributed by atoms with van der Waals surface area (Å²) in [4.78, 5) is 0. The van der Waals surface area contributed by atoms with E-state index in [4.69, 9.17) is 16.3 Å². The van der Waals surface area contributed by atoms with E-state index in [-0.39, 0.29) is 0 Å². The topological polar surface area (TPSA) is 12.5 Å². The molecule has 3 atom stereocenters. The number of halogens is 1. The van der Waals surface area contributed by atoms with Crippen LogP contribution in [0.15, 0.2) is 0 Å². The van der Waals surface area contributed by atoms with Crippen LogP contribution in [-0.4, -0.2) is 17.6 Å². The number of rotatable bonds is 0. The molecule has 0 bridgehead atoms. The van der Waals surface area contributed by atoms with Gasteiger partial charge in [-0.1, -0.05) is 0 Å². The van der Waals surface area contributed by atoms with E-state index in [9.17, 15) is 0 Å². The van der Waals surface area contributed by atoms with Crippen molar-refractivity contribution < 1.29 is 4.74 Å². The van der Waals surface area contributed by atoms with Crippen LogP contribution in [0.3, 0.4) is 0 Å². The Morgan fingerprint density at radius 1 is 1.25 bits per heavy atom. The van der Waals surface area contributed by atoms with Gasteiger partial charge in [0.15, 0.2) is 0 Å². The van der Waals surface area contributed by atoms with Gasteiger partial charge in [-0.3, -0.25) is 0 Å². The van der Waals surface area contributed by atoms with Crippen LogP contribution in [0, 0.1) is 0 Å². The third-order valence-electron chi connectivity index (χ3n) is 1.94. The van der Waals surface area contributed by atoms with Crippen molar-refractivity contribution in [3.05, 3.63) is 0 Å². The minimum absolute atomic E-state index is 0.402. The molecule has 0 spiro atoms. The Kier molecular flexibility index (Phi) is 1.02. The Labute approximate surface area is 54.0 Å². The maximum Gasteiger partial charge on any atom is 0.0856 e. The van der Waals surface area contributed by atoms with Crippen LogP contribution >= 0.6 is 11.6 Å². The summed E-state index contributed by atoms with van der Waals surface area (Å²) in [6.45, 7) is 0. The van der Waals surface area contributed by atoms with Gasteiger partial charge in [0.05, 0.1) is 12.2 Å². The Morgan fingerprint density at radius 3 is 2.75 bits per heavy atom. The third kappa shape index (κ3) is 0.741. The monoisotopic (exact) mass is 132 g/mol. The minimum atomic E-state index is 0.402. The summed E-state index contributed by atoms with van der Waals surface area (Å²) in [7, 11) is 0. The largest absolute Gasteiger partial charge is 0.370 e. The first kappa shape index (κ1) is 5.07. The first-order valence-electron chi connectivity index (χ1n) is 3.16. The maximum absolute atomic E-state index is 5.86. The summed E-state index contributed by atoms with van der Waals surface area (Å²) in [5.41, 5.74) is 0.